The maximum atomic E-state index is 6.06. The monoisotopic (exact) mass is 261 g/mol. The summed E-state index contributed by atoms with van der Waals surface area (Å²) in [6, 6.07) is 1.95. The van der Waals surface area contributed by atoms with Crippen LogP contribution in [0, 0.1) is 0 Å². The molecule has 0 aliphatic carbocycles. The summed E-state index contributed by atoms with van der Waals surface area (Å²) in [5, 5.41) is 7.20. The van der Waals surface area contributed by atoms with Gasteiger partial charge in [-0.25, -0.2) is 4.98 Å². The molecule has 0 bridgehead atoms. The van der Waals surface area contributed by atoms with E-state index in [4.69, 9.17) is 27.9 Å². The molecule has 1 aromatic heterocycles. The number of nitrogens with one attached hydrogen (secondary N) is 2. The maximum absolute atomic E-state index is 6.06. The van der Waals surface area contributed by atoms with Gasteiger partial charge in [0.2, 0.25) is 0 Å². The van der Waals surface area contributed by atoms with Crippen LogP contribution in [0.15, 0.2) is 6.07 Å². The lowest BCUT2D eigenvalue weighted by Gasteiger charge is -2.14. The molecule has 1 saturated heterocycles. The molecule has 1 atom stereocenters. The lowest BCUT2D eigenvalue weighted by molar-refractivity contribution is 0.195. The number of halogens is 2. The van der Waals surface area contributed by atoms with Crippen LogP contribution in [0.5, 0.6) is 0 Å². The van der Waals surface area contributed by atoms with Crippen LogP contribution in [0.4, 0.5) is 11.6 Å². The second kappa shape index (κ2) is 5.08. The van der Waals surface area contributed by atoms with E-state index in [2.05, 4.69) is 15.6 Å². The van der Waals surface area contributed by atoms with E-state index in [9.17, 15) is 0 Å². The highest BCUT2D eigenvalue weighted by Gasteiger charge is 2.17. The van der Waals surface area contributed by atoms with Gasteiger partial charge in [0.05, 0.1) is 22.7 Å². The molecule has 16 heavy (non-hydrogen) atoms. The van der Waals surface area contributed by atoms with E-state index in [1.807, 2.05) is 0 Å². The van der Waals surface area contributed by atoms with E-state index in [0.717, 1.165) is 13.0 Å². The van der Waals surface area contributed by atoms with Gasteiger partial charge in [-0.05, 0) is 12.5 Å². The first-order chi connectivity index (χ1) is 7.70. The lowest BCUT2D eigenvalue weighted by atomic mass is 10.2. The quantitative estimate of drug-likeness (QED) is 0.879. The Hall–Kier alpha value is -0.710. The van der Waals surface area contributed by atoms with Crippen LogP contribution in [0.25, 0.3) is 0 Å². The Kier molecular flexibility index (Phi) is 3.74. The van der Waals surface area contributed by atoms with Crippen LogP contribution in [-0.4, -0.2) is 31.3 Å². The maximum Gasteiger partial charge on any atom is 0.147 e. The van der Waals surface area contributed by atoms with Crippen LogP contribution in [0.3, 0.4) is 0 Å². The van der Waals surface area contributed by atoms with Crippen molar-refractivity contribution in [1.29, 1.82) is 0 Å². The van der Waals surface area contributed by atoms with Crippen molar-refractivity contribution in [3.05, 3.63) is 16.1 Å². The Morgan fingerprint density at radius 3 is 2.75 bits per heavy atom. The summed E-state index contributed by atoms with van der Waals surface area (Å²) in [5.74, 6) is 1.26. The third-order valence-corrected chi connectivity index (χ3v) is 3.01. The van der Waals surface area contributed by atoms with Gasteiger partial charge in [-0.15, -0.1) is 0 Å². The highest BCUT2D eigenvalue weighted by molar-refractivity contribution is 6.37. The van der Waals surface area contributed by atoms with Gasteiger partial charge < -0.3 is 15.4 Å². The fourth-order valence-electron chi connectivity index (χ4n) is 1.58. The van der Waals surface area contributed by atoms with Gasteiger partial charge in [-0.1, -0.05) is 23.2 Å². The molecule has 1 unspecified atom stereocenters. The zero-order valence-corrected chi connectivity index (χ0v) is 10.4. The Morgan fingerprint density at radius 2 is 2.12 bits per heavy atom. The fourth-order valence-corrected chi connectivity index (χ4v) is 2.09. The largest absolute Gasteiger partial charge is 0.379 e. The van der Waals surface area contributed by atoms with Gasteiger partial charge in [-0.3, -0.25) is 0 Å². The van der Waals surface area contributed by atoms with Gasteiger partial charge in [0, 0.05) is 13.7 Å². The van der Waals surface area contributed by atoms with Crippen molar-refractivity contribution in [3.8, 4) is 0 Å². The van der Waals surface area contributed by atoms with E-state index in [-0.39, 0.29) is 6.04 Å². The highest BCUT2D eigenvalue weighted by atomic mass is 35.5. The predicted molar refractivity (Wildman–Crippen MR) is 66.7 cm³/mol. The molecular formula is C10H13Cl2N3O. The standard InChI is InChI=1S/C10H13Cl2N3O/c1-13-9-7(11)4-8(12)10(15-9)14-6-2-3-16-5-6/h4,6H,2-3,5H2,1H3,(H2,13,14,15). The third-order valence-electron chi connectivity index (χ3n) is 2.44. The molecular weight excluding hydrogens is 249 g/mol. The topological polar surface area (TPSA) is 46.2 Å². The molecule has 2 rings (SSSR count). The first kappa shape index (κ1) is 11.8. The Labute approximate surface area is 104 Å². The summed E-state index contributed by atoms with van der Waals surface area (Å²) in [5.41, 5.74) is 0. The molecule has 2 N–H and O–H groups in total. The van der Waals surface area contributed by atoms with Crippen LogP contribution in [-0.2, 0) is 4.74 Å². The number of aromatic nitrogens is 1. The number of ether oxygens (including phenoxy) is 1. The fraction of sp³-hybridized carbons (Fsp3) is 0.500. The minimum absolute atomic E-state index is 0.274. The number of anilines is 2. The summed E-state index contributed by atoms with van der Waals surface area (Å²) in [7, 11) is 1.77. The summed E-state index contributed by atoms with van der Waals surface area (Å²) in [6.07, 6.45) is 0.968. The molecule has 0 saturated carbocycles. The normalized spacial score (nSPS) is 19.8. The summed E-state index contributed by atoms with van der Waals surface area (Å²) in [4.78, 5) is 4.31. The highest BCUT2D eigenvalue weighted by Crippen LogP contribution is 2.29. The minimum Gasteiger partial charge on any atom is -0.379 e. The van der Waals surface area contributed by atoms with Crippen molar-refractivity contribution in [2.45, 2.75) is 12.5 Å². The minimum atomic E-state index is 0.274. The van der Waals surface area contributed by atoms with Crippen LogP contribution >= 0.6 is 23.2 Å². The van der Waals surface area contributed by atoms with Gasteiger partial charge >= 0.3 is 0 Å². The molecule has 88 valence electrons. The second-order valence-corrected chi connectivity index (χ2v) is 4.42. The molecule has 0 radical (unpaired) electrons. The zero-order chi connectivity index (χ0) is 11.5. The molecule has 1 aliphatic rings. The van der Waals surface area contributed by atoms with Crippen molar-refractivity contribution in [2.24, 2.45) is 0 Å². The summed E-state index contributed by atoms with van der Waals surface area (Å²) < 4.78 is 5.27. The third kappa shape index (κ3) is 2.51. The van der Waals surface area contributed by atoms with E-state index >= 15 is 0 Å². The van der Waals surface area contributed by atoms with Crippen molar-refractivity contribution in [1.82, 2.24) is 4.98 Å². The smallest absolute Gasteiger partial charge is 0.147 e. The summed E-state index contributed by atoms with van der Waals surface area (Å²) >= 11 is 12.0. The number of hydrogen-bond donors (Lipinski definition) is 2. The molecule has 0 amide bonds. The first-order valence-corrected chi connectivity index (χ1v) is 5.84. The van der Waals surface area contributed by atoms with Crippen molar-refractivity contribution < 1.29 is 4.74 Å². The molecule has 1 aromatic rings. The van der Waals surface area contributed by atoms with Crippen molar-refractivity contribution in [3.63, 3.8) is 0 Å². The molecule has 0 spiro atoms. The van der Waals surface area contributed by atoms with Crippen LogP contribution in [0.1, 0.15) is 6.42 Å². The Morgan fingerprint density at radius 1 is 1.38 bits per heavy atom. The average Bonchev–Trinajstić information content (AvgIpc) is 2.75. The van der Waals surface area contributed by atoms with E-state index in [1.54, 1.807) is 13.1 Å². The second-order valence-electron chi connectivity index (χ2n) is 3.60. The Bertz CT molecular complexity index is 381. The van der Waals surface area contributed by atoms with E-state index < -0.39 is 0 Å². The van der Waals surface area contributed by atoms with Crippen molar-refractivity contribution >= 4 is 34.8 Å². The predicted octanol–water partition coefficient (Wildman–Crippen LogP) is 2.63. The molecule has 1 fully saturated rings. The lowest BCUT2D eigenvalue weighted by Crippen LogP contribution is -2.20. The van der Waals surface area contributed by atoms with E-state index in [0.29, 0.717) is 28.3 Å². The van der Waals surface area contributed by atoms with Gasteiger partial charge in [0.15, 0.2) is 0 Å². The SMILES string of the molecule is CNc1nc(NC2CCOC2)c(Cl)cc1Cl. The van der Waals surface area contributed by atoms with Gasteiger partial charge in [-0.2, -0.15) is 0 Å². The van der Waals surface area contributed by atoms with Crippen LogP contribution in [0.2, 0.25) is 10.0 Å². The van der Waals surface area contributed by atoms with Crippen LogP contribution < -0.4 is 10.6 Å². The molecule has 2 heterocycles. The zero-order valence-electron chi connectivity index (χ0n) is 8.89. The molecule has 6 heteroatoms. The average molecular weight is 262 g/mol. The Balaban J connectivity index is 2.18. The number of pyridine rings is 1. The molecule has 0 aromatic carbocycles. The molecule has 4 nitrogen and oxygen atoms in total. The van der Waals surface area contributed by atoms with E-state index in [1.165, 1.54) is 0 Å². The van der Waals surface area contributed by atoms with Gasteiger partial charge in [0.1, 0.15) is 11.6 Å². The molecule has 1 aliphatic heterocycles. The number of rotatable bonds is 3. The van der Waals surface area contributed by atoms with Crippen molar-refractivity contribution in [2.75, 3.05) is 30.9 Å². The van der Waals surface area contributed by atoms with Gasteiger partial charge in [0.25, 0.3) is 0 Å². The number of hydrogen-bond acceptors (Lipinski definition) is 4. The first-order valence-electron chi connectivity index (χ1n) is 5.09. The summed E-state index contributed by atoms with van der Waals surface area (Å²) in [6.45, 7) is 1.47. The number of nitrogens with zero attached hydrogens (tertiary/aromatic N) is 1.